The third kappa shape index (κ3) is 3.70. The van der Waals surface area contributed by atoms with Gasteiger partial charge in [0.25, 0.3) is 5.91 Å². The van der Waals surface area contributed by atoms with Crippen LogP contribution in [0.25, 0.3) is 0 Å². The van der Waals surface area contributed by atoms with E-state index in [0.717, 1.165) is 56.6 Å². The fourth-order valence-corrected chi connectivity index (χ4v) is 3.33. The molecule has 1 saturated heterocycles. The minimum Gasteiger partial charge on any atom is -0.385 e. The van der Waals surface area contributed by atoms with Crippen molar-refractivity contribution < 1.29 is 4.79 Å². The first-order valence-corrected chi connectivity index (χ1v) is 8.01. The maximum atomic E-state index is 12.8. The number of carbonyl (C=O) groups is 1. The molecule has 0 spiro atoms. The molecule has 0 unspecified atom stereocenters. The van der Waals surface area contributed by atoms with E-state index in [2.05, 4.69) is 16.3 Å². The Labute approximate surface area is 133 Å². The first kappa shape index (κ1) is 16.2. The van der Waals surface area contributed by atoms with Gasteiger partial charge >= 0.3 is 0 Å². The van der Waals surface area contributed by atoms with E-state index >= 15 is 0 Å². The third-order valence-electron chi connectivity index (χ3n) is 4.47. The molecular formula is C17H25ClN2O. The molecule has 0 bridgehead atoms. The highest BCUT2D eigenvalue weighted by atomic mass is 35.5. The summed E-state index contributed by atoms with van der Waals surface area (Å²) in [5.41, 5.74) is 3.32. The molecule has 2 aliphatic rings. The molecule has 3 rings (SSSR count). The number of nitrogens with zero attached hydrogens (tertiary/aromatic N) is 1. The van der Waals surface area contributed by atoms with Gasteiger partial charge in [-0.3, -0.25) is 4.79 Å². The summed E-state index contributed by atoms with van der Waals surface area (Å²) in [6.07, 6.45) is 8.30. The molecule has 2 heterocycles. The predicted octanol–water partition coefficient (Wildman–Crippen LogP) is 3.87. The van der Waals surface area contributed by atoms with E-state index in [1.165, 1.54) is 24.8 Å². The van der Waals surface area contributed by atoms with Crippen LogP contribution in [0.15, 0.2) is 18.2 Å². The van der Waals surface area contributed by atoms with Gasteiger partial charge in [0.2, 0.25) is 0 Å². The van der Waals surface area contributed by atoms with Crippen LogP contribution < -0.4 is 5.32 Å². The topological polar surface area (TPSA) is 32.3 Å². The molecule has 1 fully saturated rings. The molecule has 2 aliphatic heterocycles. The molecule has 0 aliphatic carbocycles. The van der Waals surface area contributed by atoms with Gasteiger partial charge in [0.1, 0.15) is 0 Å². The van der Waals surface area contributed by atoms with Crippen LogP contribution in [-0.4, -0.2) is 30.4 Å². The molecule has 1 aromatic carbocycles. The van der Waals surface area contributed by atoms with Gasteiger partial charge in [-0.25, -0.2) is 0 Å². The van der Waals surface area contributed by atoms with Gasteiger partial charge in [-0.1, -0.05) is 25.3 Å². The van der Waals surface area contributed by atoms with Crippen LogP contribution in [0.4, 0.5) is 5.69 Å². The molecule has 116 valence electrons. The van der Waals surface area contributed by atoms with Crippen LogP contribution in [0.3, 0.4) is 0 Å². The normalized spacial score (nSPS) is 18.6. The second-order valence-corrected chi connectivity index (χ2v) is 5.92. The molecule has 0 saturated carbocycles. The van der Waals surface area contributed by atoms with Gasteiger partial charge in [0.05, 0.1) is 0 Å². The lowest BCUT2D eigenvalue weighted by Crippen LogP contribution is -2.34. The highest BCUT2D eigenvalue weighted by Crippen LogP contribution is 2.26. The van der Waals surface area contributed by atoms with E-state index in [1.807, 2.05) is 12.1 Å². The fraction of sp³-hybridized carbons (Fsp3) is 0.588. The van der Waals surface area contributed by atoms with Gasteiger partial charge in [0, 0.05) is 30.9 Å². The number of hydrogen-bond donors (Lipinski definition) is 1. The van der Waals surface area contributed by atoms with E-state index in [1.54, 1.807) is 0 Å². The van der Waals surface area contributed by atoms with Crippen molar-refractivity contribution in [3.8, 4) is 0 Å². The van der Waals surface area contributed by atoms with Crippen molar-refractivity contribution in [1.82, 2.24) is 4.90 Å². The van der Waals surface area contributed by atoms with Crippen molar-refractivity contribution in [2.24, 2.45) is 0 Å². The average molecular weight is 309 g/mol. The standard InChI is InChI=1S/C17H24N2O.ClH/c20-17(19-12-4-2-1-3-5-13-19)15-8-6-10-16-14(15)9-7-11-18-16;/h6,8,10,18H,1-5,7,9,11-13H2;1H. The molecule has 0 radical (unpaired) electrons. The van der Waals surface area contributed by atoms with Crippen LogP contribution in [0.1, 0.15) is 54.4 Å². The average Bonchev–Trinajstić information content (AvgIpc) is 2.46. The lowest BCUT2D eigenvalue weighted by atomic mass is 9.96. The second-order valence-electron chi connectivity index (χ2n) is 5.92. The number of halogens is 1. The maximum Gasteiger partial charge on any atom is 0.254 e. The Morgan fingerprint density at radius 2 is 1.71 bits per heavy atom. The van der Waals surface area contributed by atoms with Gasteiger partial charge in [-0.15, -0.1) is 12.4 Å². The molecule has 0 aromatic heterocycles. The number of benzene rings is 1. The Hall–Kier alpha value is -1.22. The summed E-state index contributed by atoms with van der Waals surface area (Å²) < 4.78 is 0. The summed E-state index contributed by atoms with van der Waals surface area (Å²) >= 11 is 0. The SMILES string of the molecule is Cl.O=C(c1cccc2c1CCCN2)N1CCCCCCC1. The van der Waals surface area contributed by atoms with E-state index in [9.17, 15) is 4.79 Å². The zero-order valence-corrected chi connectivity index (χ0v) is 13.4. The van der Waals surface area contributed by atoms with Crippen molar-refractivity contribution in [3.63, 3.8) is 0 Å². The number of anilines is 1. The quantitative estimate of drug-likeness (QED) is 0.854. The maximum absolute atomic E-state index is 12.8. The van der Waals surface area contributed by atoms with Gasteiger partial charge in [-0.2, -0.15) is 0 Å². The molecule has 4 heteroatoms. The van der Waals surface area contributed by atoms with Crippen molar-refractivity contribution in [2.45, 2.75) is 44.9 Å². The largest absolute Gasteiger partial charge is 0.385 e. The molecule has 1 N–H and O–H groups in total. The number of hydrogen-bond acceptors (Lipinski definition) is 2. The molecular weight excluding hydrogens is 284 g/mol. The summed E-state index contributed by atoms with van der Waals surface area (Å²) in [6, 6.07) is 6.11. The highest BCUT2D eigenvalue weighted by Gasteiger charge is 2.22. The number of rotatable bonds is 1. The molecule has 1 aromatic rings. The monoisotopic (exact) mass is 308 g/mol. The summed E-state index contributed by atoms with van der Waals surface area (Å²) in [5.74, 6) is 0.243. The summed E-state index contributed by atoms with van der Waals surface area (Å²) in [7, 11) is 0. The smallest absolute Gasteiger partial charge is 0.254 e. The van der Waals surface area contributed by atoms with Crippen molar-refractivity contribution in [2.75, 3.05) is 25.0 Å². The Balaban J connectivity index is 0.00000161. The minimum absolute atomic E-state index is 0. The third-order valence-corrected chi connectivity index (χ3v) is 4.47. The van der Waals surface area contributed by atoms with Crippen LogP contribution in [0.5, 0.6) is 0 Å². The number of likely N-dealkylation sites (tertiary alicyclic amines) is 1. The zero-order valence-electron chi connectivity index (χ0n) is 12.6. The number of amides is 1. The van der Waals surface area contributed by atoms with Gasteiger partial charge in [0.15, 0.2) is 0 Å². The minimum atomic E-state index is 0. The number of carbonyl (C=O) groups excluding carboxylic acids is 1. The summed E-state index contributed by atoms with van der Waals surface area (Å²) in [6.45, 7) is 2.88. The van der Waals surface area contributed by atoms with Crippen LogP contribution in [-0.2, 0) is 6.42 Å². The molecule has 3 nitrogen and oxygen atoms in total. The lowest BCUT2D eigenvalue weighted by molar-refractivity contribution is 0.0741. The molecule has 1 amide bonds. The van der Waals surface area contributed by atoms with Gasteiger partial charge < -0.3 is 10.2 Å². The van der Waals surface area contributed by atoms with E-state index < -0.39 is 0 Å². The highest BCUT2D eigenvalue weighted by molar-refractivity contribution is 5.97. The Morgan fingerprint density at radius 3 is 2.48 bits per heavy atom. The first-order chi connectivity index (χ1) is 9.86. The predicted molar refractivity (Wildman–Crippen MR) is 89.5 cm³/mol. The zero-order chi connectivity index (χ0) is 13.8. The van der Waals surface area contributed by atoms with E-state index in [4.69, 9.17) is 0 Å². The van der Waals surface area contributed by atoms with E-state index in [-0.39, 0.29) is 18.3 Å². The van der Waals surface area contributed by atoms with Crippen molar-refractivity contribution >= 4 is 24.0 Å². The number of fused-ring (bicyclic) bond motifs is 1. The molecule has 0 atom stereocenters. The van der Waals surface area contributed by atoms with Crippen molar-refractivity contribution in [3.05, 3.63) is 29.3 Å². The van der Waals surface area contributed by atoms with Crippen LogP contribution in [0.2, 0.25) is 0 Å². The first-order valence-electron chi connectivity index (χ1n) is 8.01. The fourth-order valence-electron chi connectivity index (χ4n) is 3.33. The van der Waals surface area contributed by atoms with Gasteiger partial charge in [-0.05, 0) is 43.4 Å². The Kier molecular flexibility index (Phi) is 5.92. The molecule has 21 heavy (non-hydrogen) atoms. The Bertz CT molecular complexity index is 482. The van der Waals surface area contributed by atoms with Crippen LogP contribution in [0, 0.1) is 0 Å². The summed E-state index contributed by atoms with van der Waals surface area (Å²) in [5, 5.41) is 3.41. The Morgan fingerprint density at radius 1 is 1.00 bits per heavy atom. The second kappa shape index (κ2) is 7.69. The van der Waals surface area contributed by atoms with Crippen LogP contribution >= 0.6 is 12.4 Å². The van der Waals surface area contributed by atoms with E-state index in [0.29, 0.717) is 0 Å². The summed E-state index contributed by atoms with van der Waals surface area (Å²) in [4.78, 5) is 14.9. The van der Waals surface area contributed by atoms with Crippen molar-refractivity contribution in [1.29, 1.82) is 0 Å². The lowest BCUT2D eigenvalue weighted by Gasteiger charge is -2.27. The number of nitrogens with one attached hydrogen (secondary N) is 1.